The van der Waals surface area contributed by atoms with Crippen molar-refractivity contribution < 1.29 is 9.47 Å². The molecule has 0 saturated carbocycles. The van der Waals surface area contributed by atoms with Gasteiger partial charge >= 0.3 is 0 Å². The number of ether oxygens (including phenoxy) is 2. The molecule has 0 atom stereocenters. The third-order valence-electron chi connectivity index (χ3n) is 4.05. The number of methoxy groups -OCH3 is 1. The highest BCUT2D eigenvalue weighted by Crippen LogP contribution is 2.39. The SMILES string of the molecule is COc1cc(-c2nc(SC)[nH]c(=O)c2C#N)c(Cl)cc1OCc1ccccc1Cl. The Labute approximate surface area is 181 Å². The second-order valence-electron chi connectivity index (χ2n) is 5.77. The third kappa shape index (κ3) is 4.51. The van der Waals surface area contributed by atoms with Crippen LogP contribution in [0, 0.1) is 11.3 Å². The van der Waals surface area contributed by atoms with Gasteiger partial charge in [-0.1, -0.05) is 53.2 Å². The second-order valence-corrected chi connectivity index (χ2v) is 7.38. The summed E-state index contributed by atoms with van der Waals surface area (Å²) in [5.74, 6) is 0.780. The van der Waals surface area contributed by atoms with Crippen LogP contribution in [0.5, 0.6) is 11.5 Å². The summed E-state index contributed by atoms with van der Waals surface area (Å²) in [7, 11) is 1.49. The average molecular weight is 448 g/mol. The van der Waals surface area contributed by atoms with Crippen LogP contribution in [0.15, 0.2) is 46.3 Å². The zero-order valence-electron chi connectivity index (χ0n) is 15.5. The maximum absolute atomic E-state index is 12.2. The summed E-state index contributed by atoms with van der Waals surface area (Å²) in [6, 6.07) is 12.4. The molecule has 1 heterocycles. The number of aromatic amines is 1. The standard InChI is InChI=1S/C20H15Cl2N3O3S/c1-27-16-7-12(18-13(9-23)19(26)25-20(24-18)29-2)15(22)8-17(16)28-10-11-5-3-4-6-14(11)21/h3-8H,10H2,1-2H3,(H,24,25,26). The van der Waals surface area contributed by atoms with Crippen LogP contribution in [0.2, 0.25) is 10.0 Å². The molecule has 0 saturated heterocycles. The number of halogens is 2. The van der Waals surface area contributed by atoms with Crippen LogP contribution in [0.1, 0.15) is 11.1 Å². The van der Waals surface area contributed by atoms with Gasteiger partial charge in [0.15, 0.2) is 16.7 Å². The van der Waals surface area contributed by atoms with Crippen LogP contribution in [0.25, 0.3) is 11.3 Å². The number of benzene rings is 2. The molecule has 0 unspecified atom stereocenters. The average Bonchev–Trinajstić information content (AvgIpc) is 2.72. The van der Waals surface area contributed by atoms with Crippen molar-refractivity contribution in [3.05, 3.63) is 67.9 Å². The van der Waals surface area contributed by atoms with E-state index in [0.717, 1.165) is 5.56 Å². The van der Waals surface area contributed by atoms with Crippen molar-refractivity contribution in [2.24, 2.45) is 0 Å². The highest BCUT2D eigenvalue weighted by Gasteiger charge is 2.19. The third-order valence-corrected chi connectivity index (χ3v) is 5.31. The number of hydrogen-bond donors (Lipinski definition) is 1. The molecule has 0 aliphatic rings. The van der Waals surface area contributed by atoms with Crippen molar-refractivity contribution >= 4 is 35.0 Å². The Kier molecular flexibility index (Phi) is 6.70. The second kappa shape index (κ2) is 9.23. The minimum absolute atomic E-state index is 0.128. The van der Waals surface area contributed by atoms with E-state index < -0.39 is 5.56 Å². The molecule has 2 aromatic carbocycles. The molecular weight excluding hydrogens is 433 g/mol. The van der Waals surface area contributed by atoms with Crippen molar-refractivity contribution in [1.82, 2.24) is 9.97 Å². The number of hydrogen-bond acceptors (Lipinski definition) is 6. The minimum atomic E-state index is -0.532. The molecule has 1 aromatic heterocycles. The fourth-order valence-electron chi connectivity index (χ4n) is 2.61. The molecule has 3 aromatic rings. The first-order valence-electron chi connectivity index (χ1n) is 8.31. The Hall–Kier alpha value is -2.66. The van der Waals surface area contributed by atoms with E-state index in [9.17, 15) is 10.1 Å². The van der Waals surface area contributed by atoms with Crippen molar-refractivity contribution in [3.63, 3.8) is 0 Å². The van der Waals surface area contributed by atoms with Crippen molar-refractivity contribution in [3.8, 4) is 28.8 Å². The Bertz CT molecular complexity index is 1160. The van der Waals surface area contributed by atoms with E-state index in [1.807, 2.05) is 24.3 Å². The van der Waals surface area contributed by atoms with Crippen LogP contribution < -0.4 is 15.0 Å². The summed E-state index contributed by atoms with van der Waals surface area (Å²) < 4.78 is 11.3. The molecule has 0 aliphatic carbocycles. The first kappa shape index (κ1) is 21.1. The predicted molar refractivity (Wildman–Crippen MR) is 114 cm³/mol. The van der Waals surface area contributed by atoms with E-state index in [4.69, 9.17) is 32.7 Å². The molecule has 0 spiro atoms. The van der Waals surface area contributed by atoms with Crippen LogP contribution in [-0.2, 0) is 6.61 Å². The highest BCUT2D eigenvalue weighted by molar-refractivity contribution is 7.98. The van der Waals surface area contributed by atoms with Crippen molar-refractivity contribution in [1.29, 1.82) is 5.26 Å². The fourth-order valence-corrected chi connectivity index (χ4v) is 3.42. The van der Waals surface area contributed by atoms with E-state index >= 15 is 0 Å². The number of rotatable bonds is 6. The topological polar surface area (TPSA) is 88.0 Å². The lowest BCUT2D eigenvalue weighted by Crippen LogP contribution is -2.14. The van der Waals surface area contributed by atoms with Gasteiger partial charge in [-0.15, -0.1) is 0 Å². The van der Waals surface area contributed by atoms with Gasteiger partial charge in [0.05, 0.1) is 17.8 Å². The van der Waals surface area contributed by atoms with Gasteiger partial charge in [-0.3, -0.25) is 4.79 Å². The number of nitriles is 1. The maximum atomic E-state index is 12.2. The monoisotopic (exact) mass is 447 g/mol. The van der Waals surface area contributed by atoms with Crippen LogP contribution >= 0.6 is 35.0 Å². The lowest BCUT2D eigenvalue weighted by atomic mass is 10.1. The first-order valence-corrected chi connectivity index (χ1v) is 10.3. The summed E-state index contributed by atoms with van der Waals surface area (Å²) in [5, 5.41) is 10.6. The summed E-state index contributed by atoms with van der Waals surface area (Å²) in [4.78, 5) is 19.1. The van der Waals surface area contributed by atoms with E-state index in [0.29, 0.717) is 27.2 Å². The van der Waals surface area contributed by atoms with Crippen LogP contribution in [0.4, 0.5) is 0 Å². The zero-order valence-corrected chi connectivity index (χ0v) is 17.8. The van der Waals surface area contributed by atoms with Crippen LogP contribution in [0.3, 0.4) is 0 Å². The smallest absolute Gasteiger partial charge is 0.270 e. The number of thioether (sulfide) groups is 1. The molecule has 1 N–H and O–H groups in total. The van der Waals surface area contributed by atoms with Crippen molar-refractivity contribution in [2.45, 2.75) is 11.8 Å². The van der Waals surface area contributed by atoms with Gasteiger partial charge < -0.3 is 14.5 Å². The molecule has 6 nitrogen and oxygen atoms in total. The Morgan fingerprint density at radius 2 is 1.97 bits per heavy atom. The molecule has 148 valence electrons. The first-order chi connectivity index (χ1) is 14.0. The van der Waals surface area contributed by atoms with E-state index in [1.54, 1.807) is 24.5 Å². The van der Waals surface area contributed by atoms with Gasteiger partial charge in [0.1, 0.15) is 18.2 Å². The minimum Gasteiger partial charge on any atom is -0.493 e. The summed E-state index contributed by atoms with van der Waals surface area (Å²) in [6.07, 6.45) is 1.77. The van der Waals surface area contributed by atoms with Gasteiger partial charge in [0.2, 0.25) is 0 Å². The summed E-state index contributed by atoms with van der Waals surface area (Å²) in [6.45, 7) is 0.217. The number of nitrogens with one attached hydrogen (secondary N) is 1. The molecule has 0 fully saturated rings. The number of aromatic nitrogens is 2. The summed E-state index contributed by atoms with van der Waals surface area (Å²) in [5.41, 5.74) is 0.726. The van der Waals surface area contributed by atoms with Gasteiger partial charge in [-0.2, -0.15) is 5.26 Å². The normalized spacial score (nSPS) is 10.4. The van der Waals surface area contributed by atoms with Crippen molar-refractivity contribution in [2.75, 3.05) is 13.4 Å². The number of H-pyrrole nitrogens is 1. The zero-order chi connectivity index (χ0) is 21.0. The summed E-state index contributed by atoms with van der Waals surface area (Å²) >= 11 is 13.9. The molecule has 3 rings (SSSR count). The Morgan fingerprint density at radius 1 is 1.21 bits per heavy atom. The molecule has 0 aliphatic heterocycles. The van der Waals surface area contributed by atoms with Gasteiger partial charge in [-0.05, 0) is 18.4 Å². The maximum Gasteiger partial charge on any atom is 0.270 e. The Balaban J connectivity index is 2.04. The van der Waals surface area contributed by atoms with E-state index in [1.165, 1.54) is 18.9 Å². The van der Waals surface area contributed by atoms with Gasteiger partial charge in [0.25, 0.3) is 5.56 Å². The molecule has 0 radical (unpaired) electrons. The predicted octanol–water partition coefficient (Wildman–Crippen LogP) is 4.92. The highest BCUT2D eigenvalue weighted by atomic mass is 35.5. The lowest BCUT2D eigenvalue weighted by molar-refractivity contribution is 0.284. The van der Waals surface area contributed by atoms with Gasteiger partial charge in [0, 0.05) is 22.2 Å². The molecule has 0 bridgehead atoms. The largest absolute Gasteiger partial charge is 0.493 e. The molecule has 0 amide bonds. The van der Waals surface area contributed by atoms with E-state index in [2.05, 4.69) is 9.97 Å². The molecular formula is C20H15Cl2N3O3S. The van der Waals surface area contributed by atoms with E-state index in [-0.39, 0.29) is 22.9 Å². The molecule has 9 heteroatoms. The lowest BCUT2D eigenvalue weighted by Gasteiger charge is -2.15. The quantitative estimate of drug-likeness (QED) is 0.425. The van der Waals surface area contributed by atoms with Crippen LogP contribution in [-0.4, -0.2) is 23.3 Å². The van der Waals surface area contributed by atoms with Gasteiger partial charge in [-0.25, -0.2) is 4.98 Å². The Morgan fingerprint density at radius 3 is 2.62 bits per heavy atom. The fraction of sp³-hybridized carbons (Fsp3) is 0.150. The number of nitrogens with zero attached hydrogens (tertiary/aromatic N) is 2. The molecule has 29 heavy (non-hydrogen) atoms.